The third kappa shape index (κ3) is 4.89. The fourth-order valence-electron chi connectivity index (χ4n) is 6.72. The second kappa shape index (κ2) is 10.5. The summed E-state index contributed by atoms with van der Waals surface area (Å²) in [6.45, 7) is -0.194. The quantitative estimate of drug-likeness (QED) is 0.298. The number of fused-ring (bicyclic) bond motifs is 3. The van der Waals surface area contributed by atoms with Crippen LogP contribution < -0.4 is 0 Å². The summed E-state index contributed by atoms with van der Waals surface area (Å²) in [5.74, 6) is -2.76. The van der Waals surface area contributed by atoms with Crippen LogP contribution in [0.2, 0.25) is 5.02 Å². The van der Waals surface area contributed by atoms with Crippen LogP contribution in [0.5, 0.6) is 0 Å². The molecule has 3 aliphatic rings. The highest BCUT2D eigenvalue weighted by atomic mass is 35.5. The Labute approximate surface area is 252 Å². The molecule has 44 heavy (non-hydrogen) atoms. The van der Waals surface area contributed by atoms with E-state index < -0.39 is 81.6 Å². The Balaban J connectivity index is 1.67. The summed E-state index contributed by atoms with van der Waals surface area (Å²) in [6, 6.07) is 2.63. The average molecular weight is 694 g/mol. The lowest BCUT2D eigenvalue weighted by Gasteiger charge is -2.43. The Morgan fingerprint density at radius 1 is 0.932 bits per heavy atom. The normalized spacial score (nSPS) is 24.6. The van der Waals surface area contributed by atoms with Gasteiger partial charge < -0.3 is 4.90 Å². The molecular weight excluding hydrogens is 670 g/mol. The van der Waals surface area contributed by atoms with E-state index in [9.17, 15) is 56.8 Å². The van der Waals surface area contributed by atoms with Crippen LogP contribution in [0.25, 0.3) is 0 Å². The minimum Gasteiger partial charge on any atom is -0.337 e. The molecule has 0 N–H and O–H groups in total. The Kier molecular flexibility index (Phi) is 7.89. The first kappa shape index (κ1) is 32.9. The molecule has 5 rings (SSSR count). The lowest BCUT2D eigenvalue weighted by atomic mass is 9.76. The maximum Gasteiger partial charge on any atom is 0.435 e. The minimum absolute atomic E-state index is 0.00881. The molecule has 2 atom stereocenters. The maximum absolute atomic E-state index is 15.0. The molecule has 17 heteroatoms. The fourth-order valence-corrected chi connectivity index (χ4v) is 10.8. The average Bonchev–Trinajstić information content (AvgIpc) is 3.34. The molecule has 6 nitrogen and oxygen atoms in total. The van der Waals surface area contributed by atoms with Crippen molar-refractivity contribution in [3.05, 3.63) is 63.9 Å². The lowest BCUT2D eigenvalue weighted by Crippen LogP contribution is -2.54. The van der Waals surface area contributed by atoms with E-state index in [1.807, 2.05) is 0 Å². The molecule has 0 aromatic heterocycles. The zero-order valence-electron chi connectivity index (χ0n) is 22.5. The van der Waals surface area contributed by atoms with E-state index in [1.165, 1.54) is 4.90 Å². The second-order valence-electron chi connectivity index (χ2n) is 11.3. The Bertz CT molecular complexity index is 1700. The molecule has 0 saturated carbocycles. The SMILES string of the molecule is O=C(C1CCS(=O)(=O)CC1)N1CCC2(S(=O)(=O)c3ccc(F)c(Cl)c3)c3ccc(C(F)(C(F)(F)F)C(F)(F)F)cc3CCC12. The number of halogens is 9. The van der Waals surface area contributed by atoms with Gasteiger partial charge in [0.2, 0.25) is 5.91 Å². The van der Waals surface area contributed by atoms with Gasteiger partial charge in [-0.15, -0.1) is 0 Å². The van der Waals surface area contributed by atoms with Gasteiger partial charge in [0.05, 0.1) is 27.5 Å². The first-order valence-electron chi connectivity index (χ1n) is 13.3. The monoisotopic (exact) mass is 693 g/mol. The number of sulfone groups is 2. The van der Waals surface area contributed by atoms with Crippen LogP contribution in [0, 0.1) is 11.7 Å². The van der Waals surface area contributed by atoms with Crippen LogP contribution in [-0.2, 0) is 41.3 Å². The molecule has 0 radical (unpaired) electrons. The van der Waals surface area contributed by atoms with Crippen LogP contribution in [0.4, 0.5) is 35.1 Å². The van der Waals surface area contributed by atoms with Crippen LogP contribution in [0.15, 0.2) is 41.3 Å². The standard InChI is InChI=1S/C27H24ClF8NO5S2/c28-20-14-18(3-5-21(20)29)44(41,42)24-9-10-37(23(38)15-7-11-43(39,40)12-8-15)22(24)6-1-16-13-17(2-4-19(16)24)25(30,26(31,32)33)27(34,35)36/h2-5,13-15,22H,1,6-12H2. The number of hydrogen-bond donors (Lipinski definition) is 0. The zero-order valence-corrected chi connectivity index (χ0v) is 24.9. The van der Waals surface area contributed by atoms with E-state index in [0.717, 1.165) is 18.2 Å². The van der Waals surface area contributed by atoms with Gasteiger partial charge in [-0.2, -0.15) is 26.3 Å². The van der Waals surface area contributed by atoms with E-state index in [2.05, 4.69) is 0 Å². The number of hydrogen-bond acceptors (Lipinski definition) is 5. The number of nitrogens with zero attached hydrogens (tertiary/aromatic N) is 1. The van der Waals surface area contributed by atoms with E-state index in [-0.39, 0.29) is 67.3 Å². The maximum atomic E-state index is 15.0. The molecule has 0 spiro atoms. The Morgan fingerprint density at radius 3 is 2.11 bits per heavy atom. The largest absolute Gasteiger partial charge is 0.435 e. The van der Waals surface area contributed by atoms with Crippen molar-refractivity contribution < 1.29 is 56.8 Å². The number of amides is 1. The third-order valence-electron chi connectivity index (χ3n) is 8.93. The molecule has 2 heterocycles. The molecule has 0 bridgehead atoms. The molecular formula is C27H24ClF8NO5S2. The minimum atomic E-state index is -6.39. The lowest BCUT2D eigenvalue weighted by molar-refractivity contribution is -0.348. The molecule has 242 valence electrons. The van der Waals surface area contributed by atoms with E-state index in [4.69, 9.17) is 11.6 Å². The van der Waals surface area contributed by atoms with Crippen molar-refractivity contribution in [2.75, 3.05) is 18.1 Å². The van der Waals surface area contributed by atoms with Gasteiger partial charge in [0.15, 0.2) is 9.84 Å². The highest BCUT2D eigenvalue weighted by Gasteiger charge is 2.74. The number of carbonyl (C=O) groups excluding carboxylic acids is 1. The summed E-state index contributed by atoms with van der Waals surface area (Å²) in [5, 5.41) is -0.572. The van der Waals surface area contributed by atoms with Crippen LogP contribution in [0.3, 0.4) is 0 Å². The molecule has 2 aliphatic heterocycles. The van der Waals surface area contributed by atoms with Crippen molar-refractivity contribution in [1.82, 2.24) is 4.90 Å². The van der Waals surface area contributed by atoms with Crippen LogP contribution in [-0.4, -0.2) is 64.1 Å². The van der Waals surface area contributed by atoms with Gasteiger partial charge in [-0.25, -0.2) is 25.6 Å². The number of carbonyl (C=O) groups is 1. The van der Waals surface area contributed by atoms with Crippen LogP contribution >= 0.6 is 11.6 Å². The number of likely N-dealkylation sites (tertiary alicyclic amines) is 1. The first-order chi connectivity index (χ1) is 20.2. The first-order valence-corrected chi connectivity index (χ1v) is 17.0. The summed E-state index contributed by atoms with van der Waals surface area (Å²) < 4.78 is 161. The number of aryl methyl sites for hydroxylation is 1. The molecule has 2 fully saturated rings. The predicted octanol–water partition coefficient (Wildman–Crippen LogP) is 5.81. The van der Waals surface area contributed by atoms with Crippen molar-refractivity contribution in [2.24, 2.45) is 5.92 Å². The molecule has 2 aromatic rings. The summed E-state index contributed by atoms with van der Waals surface area (Å²) in [6.07, 6.45) is -13.7. The van der Waals surface area contributed by atoms with Gasteiger partial charge in [-0.1, -0.05) is 29.8 Å². The van der Waals surface area contributed by atoms with Crippen molar-refractivity contribution in [3.63, 3.8) is 0 Å². The van der Waals surface area contributed by atoms with Crippen molar-refractivity contribution >= 4 is 37.2 Å². The van der Waals surface area contributed by atoms with Crippen molar-refractivity contribution in [3.8, 4) is 0 Å². The van der Waals surface area contributed by atoms with Gasteiger partial charge in [0.1, 0.15) is 20.4 Å². The summed E-state index contributed by atoms with van der Waals surface area (Å²) in [5.41, 5.74) is -8.03. The van der Waals surface area contributed by atoms with Gasteiger partial charge in [-0.3, -0.25) is 4.79 Å². The van der Waals surface area contributed by atoms with Gasteiger partial charge in [-0.05, 0) is 61.4 Å². The van der Waals surface area contributed by atoms with E-state index in [1.54, 1.807) is 0 Å². The second-order valence-corrected chi connectivity index (χ2v) is 16.2. The van der Waals surface area contributed by atoms with Gasteiger partial charge >= 0.3 is 18.0 Å². The molecule has 2 unspecified atom stereocenters. The number of benzene rings is 2. The summed E-state index contributed by atoms with van der Waals surface area (Å²) in [4.78, 5) is 14.4. The fraction of sp³-hybridized carbons (Fsp3) is 0.519. The third-order valence-corrected chi connectivity index (χ3v) is 13.5. The predicted molar refractivity (Wildman–Crippen MR) is 141 cm³/mol. The number of alkyl halides is 7. The number of rotatable bonds is 4. The molecule has 1 amide bonds. The molecule has 2 saturated heterocycles. The molecule has 1 aliphatic carbocycles. The summed E-state index contributed by atoms with van der Waals surface area (Å²) in [7, 11) is -8.07. The van der Waals surface area contributed by atoms with Crippen molar-refractivity contribution in [2.45, 2.75) is 65.8 Å². The summed E-state index contributed by atoms with van der Waals surface area (Å²) >= 11 is 5.85. The topological polar surface area (TPSA) is 88.6 Å². The molecule has 2 aromatic carbocycles. The van der Waals surface area contributed by atoms with Gasteiger partial charge in [0, 0.05) is 18.0 Å². The van der Waals surface area contributed by atoms with E-state index in [0.29, 0.717) is 12.1 Å². The van der Waals surface area contributed by atoms with Crippen LogP contribution in [0.1, 0.15) is 42.4 Å². The van der Waals surface area contributed by atoms with E-state index >= 15 is 0 Å². The zero-order chi connectivity index (χ0) is 32.7. The smallest absolute Gasteiger partial charge is 0.337 e. The highest BCUT2D eigenvalue weighted by molar-refractivity contribution is 7.92. The Morgan fingerprint density at radius 2 is 1.55 bits per heavy atom. The highest BCUT2D eigenvalue weighted by Crippen LogP contribution is 2.57. The Hall–Kier alpha value is -2.46. The van der Waals surface area contributed by atoms with Gasteiger partial charge in [0.25, 0.3) is 0 Å². The van der Waals surface area contributed by atoms with Crippen molar-refractivity contribution in [1.29, 1.82) is 0 Å².